The first-order valence-corrected chi connectivity index (χ1v) is 9.99. The lowest BCUT2D eigenvalue weighted by atomic mass is 10.2. The number of rotatable bonds is 5. The van der Waals surface area contributed by atoms with E-state index in [9.17, 15) is 4.79 Å². The van der Waals surface area contributed by atoms with E-state index in [2.05, 4.69) is 32.7 Å². The van der Waals surface area contributed by atoms with Crippen LogP contribution in [0.4, 0.5) is 0 Å². The number of ketones is 1. The third-order valence-corrected chi connectivity index (χ3v) is 5.54. The zero-order valence-electron chi connectivity index (χ0n) is 15.1. The Morgan fingerprint density at radius 3 is 2.79 bits per heavy atom. The van der Waals surface area contributed by atoms with Gasteiger partial charge >= 0.3 is 0 Å². The number of fused-ring (bicyclic) bond motifs is 4. The molecule has 0 aliphatic carbocycles. The summed E-state index contributed by atoms with van der Waals surface area (Å²) in [6, 6.07) is 17.4. The fourth-order valence-corrected chi connectivity index (χ4v) is 4.04. The van der Waals surface area contributed by atoms with Gasteiger partial charge in [0.15, 0.2) is 11.4 Å². The maximum Gasteiger partial charge on any atom is 0.211 e. The lowest BCUT2D eigenvalue weighted by molar-refractivity contribution is 0.0994. The third-order valence-electron chi connectivity index (χ3n) is 4.70. The Morgan fingerprint density at radius 1 is 1.11 bits per heavy atom. The molecule has 3 aromatic heterocycles. The van der Waals surface area contributed by atoms with Gasteiger partial charge in [-0.25, -0.2) is 4.98 Å². The fourth-order valence-electron chi connectivity index (χ4n) is 3.39. The number of hydrogen-bond acceptors (Lipinski definition) is 6. The number of aryl methyl sites for hydroxylation is 1. The van der Waals surface area contributed by atoms with Crippen LogP contribution in [0.1, 0.15) is 17.5 Å². The van der Waals surface area contributed by atoms with Gasteiger partial charge in [0.05, 0.1) is 11.3 Å². The molecule has 5 aromatic rings. The Balaban J connectivity index is 1.43. The van der Waals surface area contributed by atoms with Crippen LogP contribution >= 0.6 is 11.8 Å². The predicted octanol–water partition coefficient (Wildman–Crippen LogP) is 4.72. The Kier molecular flexibility index (Phi) is 4.09. The second-order valence-corrected chi connectivity index (χ2v) is 7.33. The van der Waals surface area contributed by atoms with Gasteiger partial charge in [-0.2, -0.15) is 0 Å². The van der Waals surface area contributed by atoms with Crippen molar-refractivity contribution < 1.29 is 9.21 Å². The minimum absolute atomic E-state index is 0.0964. The molecule has 0 bridgehead atoms. The quantitative estimate of drug-likeness (QED) is 0.320. The van der Waals surface area contributed by atoms with E-state index >= 15 is 0 Å². The summed E-state index contributed by atoms with van der Waals surface area (Å²) >= 11 is 1.27. The van der Waals surface area contributed by atoms with Crippen LogP contribution in [0.5, 0.6) is 0 Å². The van der Waals surface area contributed by atoms with Gasteiger partial charge in [-0.05, 0) is 25.1 Å². The molecule has 138 valence electrons. The van der Waals surface area contributed by atoms with Crippen molar-refractivity contribution in [3.05, 3.63) is 60.4 Å². The first kappa shape index (κ1) is 16.9. The highest BCUT2D eigenvalue weighted by Crippen LogP contribution is 2.27. The van der Waals surface area contributed by atoms with E-state index < -0.39 is 0 Å². The number of carbonyl (C=O) groups excluding carboxylic acids is 1. The van der Waals surface area contributed by atoms with Crippen molar-refractivity contribution in [2.75, 3.05) is 5.75 Å². The van der Waals surface area contributed by atoms with Crippen LogP contribution < -0.4 is 0 Å². The molecule has 0 aliphatic rings. The molecule has 3 heterocycles. The Morgan fingerprint density at radius 2 is 1.93 bits per heavy atom. The monoisotopic (exact) mass is 388 g/mol. The topological polar surface area (TPSA) is 73.8 Å². The summed E-state index contributed by atoms with van der Waals surface area (Å²) in [5.41, 5.74) is 3.37. The molecule has 28 heavy (non-hydrogen) atoms. The van der Waals surface area contributed by atoms with Crippen LogP contribution in [-0.2, 0) is 6.54 Å². The van der Waals surface area contributed by atoms with Gasteiger partial charge in [-0.1, -0.05) is 48.2 Å². The summed E-state index contributed by atoms with van der Waals surface area (Å²) in [5.74, 6) is 0.450. The number of para-hydroxylation sites is 2. The molecule has 7 heteroatoms. The second kappa shape index (κ2) is 6.76. The van der Waals surface area contributed by atoms with Gasteiger partial charge in [0, 0.05) is 17.3 Å². The molecule has 0 aliphatic heterocycles. The van der Waals surface area contributed by atoms with E-state index in [1.54, 1.807) is 6.07 Å². The predicted molar refractivity (Wildman–Crippen MR) is 110 cm³/mol. The van der Waals surface area contributed by atoms with Crippen LogP contribution in [0.3, 0.4) is 0 Å². The van der Waals surface area contributed by atoms with Gasteiger partial charge in [0.25, 0.3) is 0 Å². The molecule has 6 nitrogen and oxygen atoms in total. The van der Waals surface area contributed by atoms with Gasteiger partial charge < -0.3 is 8.98 Å². The summed E-state index contributed by atoms with van der Waals surface area (Å²) in [4.78, 5) is 17.2. The number of aromatic nitrogens is 4. The molecule has 5 rings (SSSR count). The van der Waals surface area contributed by atoms with Crippen molar-refractivity contribution in [1.29, 1.82) is 0 Å². The fraction of sp³-hybridized carbons (Fsp3) is 0.143. The number of nitrogens with zero attached hydrogens (tertiary/aromatic N) is 4. The maximum atomic E-state index is 12.5. The lowest BCUT2D eigenvalue weighted by Gasteiger charge is -2.02. The molecule has 0 unspecified atom stereocenters. The average Bonchev–Trinajstić information content (AvgIpc) is 3.30. The number of carbonyl (C=O) groups is 1. The Bertz CT molecular complexity index is 1310. The highest BCUT2D eigenvalue weighted by atomic mass is 32.2. The number of thioether (sulfide) groups is 1. The SMILES string of the molecule is CCn1c2ccccc2c2nnc(SCC(=O)c3cc4ccccc4o3)nc21. The zero-order chi connectivity index (χ0) is 19.1. The largest absolute Gasteiger partial charge is 0.453 e. The Hall–Kier alpha value is -3.19. The highest BCUT2D eigenvalue weighted by molar-refractivity contribution is 7.99. The molecular weight excluding hydrogens is 372 g/mol. The van der Waals surface area contributed by atoms with Crippen LogP contribution in [0.15, 0.2) is 64.2 Å². The summed E-state index contributed by atoms with van der Waals surface area (Å²) in [6.07, 6.45) is 0. The van der Waals surface area contributed by atoms with E-state index in [1.165, 1.54) is 11.8 Å². The van der Waals surface area contributed by atoms with Gasteiger partial charge in [0.1, 0.15) is 11.1 Å². The summed E-state index contributed by atoms with van der Waals surface area (Å²) in [7, 11) is 0. The molecule has 0 amide bonds. The molecule has 0 N–H and O–H groups in total. The summed E-state index contributed by atoms with van der Waals surface area (Å²) in [5, 5.41) is 11.0. The first-order valence-electron chi connectivity index (χ1n) is 9.01. The minimum Gasteiger partial charge on any atom is -0.453 e. The van der Waals surface area contributed by atoms with Crippen LogP contribution in [-0.4, -0.2) is 31.3 Å². The average molecular weight is 388 g/mol. The molecule has 2 aromatic carbocycles. The number of benzene rings is 2. The van der Waals surface area contributed by atoms with Crippen molar-refractivity contribution in [1.82, 2.24) is 19.7 Å². The molecular formula is C21H16N4O2S. The van der Waals surface area contributed by atoms with Crippen molar-refractivity contribution in [2.24, 2.45) is 0 Å². The van der Waals surface area contributed by atoms with Crippen molar-refractivity contribution in [3.63, 3.8) is 0 Å². The van der Waals surface area contributed by atoms with Crippen molar-refractivity contribution in [3.8, 4) is 0 Å². The van der Waals surface area contributed by atoms with Crippen molar-refractivity contribution >= 4 is 50.6 Å². The molecule has 0 saturated carbocycles. The lowest BCUT2D eigenvalue weighted by Crippen LogP contribution is -2.03. The van der Waals surface area contributed by atoms with Crippen LogP contribution in [0.2, 0.25) is 0 Å². The number of Topliss-reactive ketones (excluding diaryl/α,β-unsaturated/α-hetero) is 1. The molecule has 0 radical (unpaired) electrons. The van der Waals surface area contributed by atoms with Crippen molar-refractivity contribution in [2.45, 2.75) is 18.6 Å². The molecule has 0 atom stereocenters. The normalized spacial score (nSPS) is 11.6. The maximum absolute atomic E-state index is 12.5. The molecule has 0 spiro atoms. The number of furan rings is 1. The van der Waals surface area contributed by atoms with Crippen LogP contribution in [0, 0.1) is 0 Å². The Labute approximate surface area is 164 Å². The number of hydrogen-bond donors (Lipinski definition) is 0. The van der Waals surface area contributed by atoms with E-state index in [4.69, 9.17) is 4.42 Å². The van der Waals surface area contributed by atoms with Crippen LogP contribution in [0.25, 0.3) is 33.0 Å². The van der Waals surface area contributed by atoms with E-state index in [1.807, 2.05) is 42.5 Å². The van der Waals surface area contributed by atoms with E-state index in [-0.39, 0.29) is 11.5 Å². The standard InChI is InChI=1S/C21H16N4O2S/c1-2-25-15-9-5-4-8-14(15)19-20(25)22-21(24-23-19)28-12-16(26)18-11-13-7-3-6-10-17(13)27-18/h3-11H,2,12H2,1H3. The van der Waals surface area contributed by atoms with Gasteiger partial charge in [0.2, 0.25) is 10.9 Å². The first-order chi connectivity index (χ1) is 13.7. The van der Waals surface area contributed by atoms with E-state index in [0.29, 0.717) is 16.5 Å². The third kappa shape index (κ3) is 2.75. The summed E-state index contributed by atoms with van der Waals surface area (Å²) < 4.78 is 7.76. The van der Waals surface area contributed by atoms with Gasteiger partial charge in [-0.3, -0.25) is 4.79 Å². The smallest absolute Gasteiger partial charge is 0.211 e. The second-order valence-electron chi connectivity index (χ2n) is 6.39. The summed E-state index contributed by atoms with van der Waals surface area (Å²) in [6.45, 7) is 2.86. The molecule has 0 fully saturated rings. The highest BCUT2D eigenvalue weighted by Gasteiger charge is 2.16. The molecule has 0 saturated heterocycles. The van der Waals surface area contributed by atoms with Gasteiger partial charge in [-0.15, -0.1) is 10.2 Å². The minimum atomic E-state index is -0.0964. The van der Waals surface area contributed by atoms with E-state index in [0.717, 1.165) is 34.0 Å². The zero-order valence-corrected chi connectivity index (χ0v) is 15.9.